The Bertz CT molecular complexity index is 1130. The fraction of sp³-hybridized carbons (Fsp3) is 0.261. The van der Waals surface area contributed by atoms with Crippen LogP contribution in [0.1, 0.15) is 42.5 Å². The molecule has 0 spiro atoms. The van der Waals surface area contributed by atoms with Crippen molar-refractivity contribution in [2.24, 2.45) is 0 Å². The molecule has 0 aliphatic rings. The van der Waals surface area contributed by atoms with E-state index in [1.165, 1.54) is 12.1 Å². The standard InChI is InChI=1S/C23H25N3O4/c1-4-24(5-2)18-14-11-17(12-15-18)13-16-21-22(23(27)30-6-3)26(29)20-10-8-7-9-19(20)25(21)28/h7-16H,4-6H2,1-3H3/b16-13+. The summed E-state index contributed by atoms with van der Waals surface area (Å²) in [6.45, 7) is 7.75. The lowest BCUT2D eigenvalue weighted by Crippen LogP contribution is -2.31. The van der Waals surface area contributed by atoms with Crippen LogP contribution in [0.25, 0.3) is 23.2 Å². The number of ether oxygens (including phenoxy) is 1. The van der Waals surface area contributed by atoms with Crippen LogP contribution in [-0.2, 0) is 4.74 Å². The predicted molar refractivity (Wildman–Crippen MR) is 119 cm³/mol. The molecule has 0 aliphatic heterocycles. The maximum absolute atomic E-state index is 13.0. The molecule has 0 aliphatic carbocycles. The molecule has 0 N–H and O–H groups in total. The highest BCUT2D eigenvalue weighted by Gasteiger charge is 2.29. The van der Waals surface area contributed by atoms with Crippen molar-refractivity contribution in [3.8, 4) is 0 Å². The Balaban J connectivity index is 2.08. The minimum Gasteiger partial charge on any atom is -0.805 e. The van der Waals surface area contributed by atoms with E-state index in [1.807, 2.05) is 24.3 Å². The Kier molecular flexibility index (Phi) is 6.51. The number of aromatic nitrogens is 2. The van der Waals surface area contributed by atoms with Crippen LogP contribution in [0.4, 0.5) is 5.69 Å². The first-order valence-corrected chi connectivity index (χ1v) is 9.99. The molecule has 30 heavy (non-hydrogen) atoms. The second kappa shape index (κ2) is 9.26. The number of hydrogen-bond donors (Lipinski definition) is 0. The van der Waals surface area contributed by atoms with Crippen LogP contribution in [0, 0.1) is 10.1 Å². The van der Waals surface area contributed by atoms with E-state index in [1.54, 1.807) is 31.2 Å². The lowest BCUT2D eigenvalue weighted by molar-refractivity contribution is -0.469. The lowest BCUT2D eigenvalue weighted by Gasteiger charge is -2.20. The number of hydrogen-bond acceptors (Lipinski definition) is 5. The number of esters is 1. The van der Waals surface area contributed by atoms with Crippen molar-refractivity contribution in [2.45, 2.75) is 20.8 Å². The first kappa shape index (κ1) is 21.1. The van der Waals surface area contributed by atoms with Crippen LogP contribution < -0.4 is 9.33 Å². The zero-order chi connectivity index (χ0) is 21.7. The number of benzene rings is 2. The summed E-state index contributed by atoms with van der Waals surface area (Å²) >= 11 is 0. The second-order valence-corrected chi connectivity index (χ2v) is 6.63. The molecule has 3 rings (SSSR count). The summed E-state index contributed by atoms with van der Waals surface area (Å²) in [4.78, 5) is 27.5. The largest absolute Gasteiger partial charge is 0.805 e. The van der Waals surface area contributed by atoms with Crippen LogP contribution in [0.15, 0.2) is 48.5 Å². The predicted octanol–water partition coefficient (Wildman–Crippen LogP) is 4.10. The summed E-state index contributed by atoms with van der Waals surface area (Å²) in [6, 6.07) is 14.2. The smallest absolute Gasteiger partial charge is 0.411 e. The van der Waals surface area contributed by atoms with Crippen LogP contribution in [0.3, 0.4) is 0 Å². The molecule has 0 amide bonds. The number of anilines is 1. The Morgan fingerprint density at radius 1 is 1.07 bits per heavy atom. The van der Waals surface area contributed by atoms with E-state index in [4.69, 9.17) is 4.74 Å². The van der Waals surface area contributed by atoms with Crippen molar-refractivity contribution in [3.05, 3.63) is 75.6 Å². The number of para-hydroxylation sites is 2. The van der Waals surface area contributed by atoms with Gasteiger partial charge in [-0.15, -0.1) is 0 Å². The fourth-order valence-electron chi connectivity index (χ4n) is 3.35. The lowest BCUT2D eigenvalue weighted by atomic mass is 10.1. The summed E-state index contributed by atoms with van der Waals surface area (Å²) in [7, 11) is 0. The Labute approximate surface area is 175 Å². The fourth-order valence-corrected chi connectivity index (χ4v) is 3.35. The zero-order valence-electron chi connectivity index (χ0n) is 17.4. The van der Waals surface area contributed by atoms with E-state index < -0.39 is 5.97 Å². The van der Waals surface area contributed by atoms with Crippen LogP contribution in [0.2, 0.25) is 0 Å². The van der Waals surface area contributed by atoms with Gasteiger partial charge in [0.15, 0.2) is 0 Å². The molecule has 0 fully saturated rings. The van der Waals surface area contributed by atoms with Crippen molar-refractivity contribution in [1.29, 1.82) is 0 Å². The maximum Gasteiger partial charge on any atom is 0.411 e. The molecule has 0 saturated carbocycles. The highest BCUT2D eigenvalue weighted by Crippen LogP contribution is 2.20. The van der Waals surface area contributed by atoms with E-state index in [2.05, 4.69) is 18.7 Å². The molecular formula is C23H25N3O4. The van der Waals surface area contributed by atoms with Crippen molar-refractivity contribution < 1.29 is 14.0 Å². The van der Waals surface area contributed by atoms with Gasteiger partial charge in [0.2, 0.25) is 0 Å². The van der Waals surface area contributed by atoms with Gasteiger partial charge in [0.05, 0.1) is 11.0 Å². The highest BCUT2D eigenvalue weighted by molar-refractivity contribution is 5.92. The van der Waals surface area contributed by atoms with Crippen LogP contribution in [0.5, 0.6) is 0 Å². The molecule has 0 bridgehead atoms. The maximum atomic E-state index is 13.0. The molecule has 3 aromatic rings. The normalized spacial score (nSPS) is 11.2. The van der Waals surface area contributed by atoms with Gasteiger partial charge in [-0.25, -0.2) is 4.79 Å². The van der Waals surface area contributed by atoms with Gasteiger partial charge in [0.25, 0.3) is 5.52 Å². The monoisotopic (exact) mass is 407 g/mol. The SMILES string of the molecule is CCOC(=O)c1c(/C=C/c2ccc(N(CC)CC)cc2)n([O-])c2ccccc2[n+]1=O. The average Bonchev–Trinajstić information content (AvgIpc) is 2.77. The van der Waals surface area contributed by atoms with Crippen LogP contribution in [-0.4, -0.2) is 30.4 Å². The van der Waals surface area contributed by atoms with E-state index in [-0.39, 0.29) is 29.0 Å². The Morgan fingerprint density at radius 2 is 1.73 bits per heavy atom. The first-order chi connectivity index (χ1) is 14.5. The third kappa shape index (κ3) is 4.05. The summed E-state index contributed by atoms with van der Waals surface area (Å²) in [5.74, 6) is -0.834. The molecule has 0 saturated heterocycles. The molecule has 2 aromatic carbocycles. The average molecular weight is 407 g/mol. The second-order valence-electron chi connectivity index (χ2n) is 6.63. The van der Waals surface area contributed by atoms with Gasteiger partial charge in [-0.05, 0) is 50.6 Å². The van der Waals surface area contributed by atoms with Gasteiger partial charge < -0.3 is 19.6 Å². The molecule has 1 heterocycles. The van der Waals surface area contributed by atoms with Crippen molar-refractivity contribution >= 4 is 34.8 Å². The summed E-state index contributed by atoms with van der Waals surface area (Å²) in [5, 5.41) is 13.0. The number of rotatable bonds is 7. The van der Waals surface area contributed by atoms with E-state index in [9.17, 15) is 14.9 Å². The quantitative estimate of drug-likeness (QED) is 0.435. The van der Waals surface area contributed by atoms with E-state index in [0.29, 0.717) is 9.16 Å². The van der Waals surface area contributed by atoms with Gasteiger partial charge in [0.1, 0.15) is 11.2 Å². The molecule has 0 unspecified atom stereocenters. The van der Waals surface area contributed by atoms with Gasteiger partial charge in [0, 0.05) is 29.8 Å². The zero-order valence-corrected chi connectivity index (χ0v) is 17.4. The molecule has 7 nitrogen and oxygen atoms in total. The minimum absolute atomic E-state index is 0.0602. The third-order valence-corrected chi connectivity index (χ3v) is 4.91. The summed E-state index contributed by atoms with van der Waals surface area (Å²) in [5.41, 5.74) is 1.84. The van der Waals surface area contributed by atoms with Gasteiger partial charge in [-0.3, -0.25) is 0 Å². The van der Waals surface area contributed by atoms with Gasteiger partial charge in [-0.1, -0.05) is 30.3 Å². The number of carbonyl (C=O) groups excluding carboxylic acids is 1. The van der Waals surface area contributed by atoms with Gasteiger partial charge in [-0.2, -0.15) is 0 Å². The van der Waals surface area contributed by atoms with Crippen molar-refractivity contribution in [1.82, 2.24) is 4.73 Å². The summed E-state index contributed by atoms with van der Waals surface area (Å²) in [6.07, 6.45) is 3.18. The molecule has 1 aromatic heterocycles. The third-order valence-electron chi connectivity index (χ3n) is 4.91. The molecule has 7 heteroatoms. The first-order valence-electron chi connectivity index (χ1n) is 9.99. The van der Waals surface area contributed by atoms with Crippen molar-refractivity contribution in [3.63, 3.8) is 0 Å². The van der Waals surface area contributed by atoms with E-state index >= 15 is 0 Å². The van der Waals surface area contributed by atoms with Crippen molar-refractivity contribution in [2.75, 3.05) is 24.6 Å². The van der Waals surface area contributed by atoms with Crippen LogP contribution >= 0.6 is 0 Å². The summed E-state index contributed by atoms with van der Waals surface area (Å²) < 4.78 is 6.08. The Hall–Kier alpha value is -3.61. The number of nitrogens with zero attached hydrogens (tertiary/aromatic N) is 3. The molecular weight excluding hydrogens is 382 g/mol. The Morgan fingerprint density at radius 3 is 2.37 bits per heavy atom. The molecule has 0 radical (unpaired) electrons. The number of fused-ring (bicyclic) bond motifs is 1. The van der Waals surface area contributed by atoms with E-state index in [0.717, 1.165) is 24.3 Å². The minimum atomic E-state index is -0.834. The number of carbonyl (C=O) groups is 1. The topological polar surface area (TPSA) is 80.5 Å². The molecule has 0 atom stereocenters. The molecule has 156 valence electrons. The van der Waals surface area contributed by atoms with Gasteiger partial charge >= 0.3 is 11.7 Å². The highest BCUT2D eigenvalue weighted by atomic mass is 16.5.